The van der Waals surface area contributed by atoms with E-state index in [-0.39, 0.29) is 11.3 Å². The van der Waals surface area contributed by atoms with Crippen LogP contribution in [-0.4, -0.2) is 30.5 Å². The zero-order valence-corrected chi connectivity index (χ0v) is 9.04. The van der Waals surface area contributed by atoms with Crippen LogP contribution in [0.4, 0.5) is 0 Å². The molecule has 1 aromatic carbocycles. The molecule has 0 radical (unpaired) electrons. The number of carbonyl (C=O) groups excluding carboxylic acids is 1. The summed E-state index contributed by atoms with van der Waals surface area (Å²) in [5, 5.41) is 12.1. The second kappa shape index (κ2) is 5.46. The van der Waals surface area contributed by atoms with Crippen LogP contribution in [0.2, 0.25) is 0 Å². The van der Waals surface area contributed by atoms with Gasteiger partial charge in [-0.1, -0.05) is 6.07 Å². The molecule has 0 aliphatic heterocycles. The van der Waals surface area contributed by atoms with Crippen molar-refractivity contribution in [2.75, 3.05) is 19.5 Å². The molecular formula is C10H12ClNO3. The van der Waals surface area contributed by atoms with Crippen LogP contribution in [0.5, 0.6) is 11.5 Å². The third kappa shape index (κ3) is 2.76. The highest BCUT2D eigenvalue weighted by Crippen LogP contribution is 2.26. The Morgan fingerprint density at radius 1 is 1.60 bits per heavy atom. The molecule has 5 heteroatoms. The molecule has 0 fully saturated rings. The second-order valence-electron chi connectivity index (χ2n) is 2.80. The molecule has 4 nitrogen and oxygen atoms in total. The Bertz CT molecular complexity index is 355. The number of benzene rings is 1. The van der Waals surface area contributed by atoms with Crippen LogP contribution >= 0.6 is 11.6 Å². The monoisotopic (exact) mass is 229 g/mol. The number of methoxy groups -OCH3 is 1. The number of hydrogen-bond acceptors (Lipinski definition) is 3. The van der Waals surface area contributed by atoms with Gasteiger partial charge in [-0.05, 0) is 12.1 Å². The minimum absolute atomic E-state index is 0.110. The van der Waals surface area contributed by atoms with Crippen molar-refractivity contribution in [3.8, 4) is 11.5 Å². The van der Waals surface area contributed by atoms with Crippen molar-refractivity contribution in [3.63, 3.8) is 0 Å². The Morgan fingerprint density at radius 2 is 2.33 bits per heavy atom. The summed E-state index contributed by atoms with van der Waals surface area (Å²) in [5.41, 5.74) is 0.130. The molecule has 0 saturated carbocycles. The summed E-state index contributed by atoms with van der Waals surface area (Å²) in [6, 6.07) is 4.64. The summed E-state index contributed by atoms with van der Waals surface area (Å²) in [6.07, 6.45) is 0. The van der Waals surface area contributed by atoms with Crippen molar-refractivity contribution in [3.05, 3.63) is 23.8 Å². The highest BCUT2D eigenvalue weighted by atomic mass is 35.5. The van der Waals surface area contributed by atoms with Crippen LogP contribution < -0.4 is 10.1 Å². The predicted octanol–water partition coefficient (Wildman–Crippen LogP) is 1.37. The third-order valence-corrected chi connectivity index (χ3v) is 2.02. The Morgan fingerprint density at radius 3 is 2.93 bits per heavy atom. The van der Waals surface area contributed by atoms with Crippen LogP contribution in [0.3, 0.4) is 0 Å². The van der Waals surface area contributed by atoms with Gasteiger partial charge in [0, 0.05) is 12.4 Å². The molecule has 0 atom stereocenters. The van der Waals surface area contributed by atoms with Crippen molar-refractivity contribution in [1.82, 2.24) is 5.32 Å². The summed E-state index contributed by atoms with van der Waals surface area (Å²) in [6.45, 7) is 0.345. The first-order chi connectivity index (χ1) is 7.20. The maximum atomic E-state index is 11.6. The molecule has 0 bridgehead atoms. The number of alkyl halides is 1. The average Bonchev–Trinajstić information content (AvgIpc) is 2.25. The number of hydrogen-bond donors (Lipinski definition) is 2. The average molecular weight is 230 g/mol. The Labute approximate surface area is 92.8 Å². The maximum absolute atomic E-state index is 11.6. The number of nitrogens with one attached hydrogen (secondary N) is 1. The van der Waals surface area contributed by atoms with E-state index in [4.69, 9.17) is 16.3 Å². The van der Waals surface area contributed by atoms with Crippen LogP contribution in [-0.2, 0) is 0 Å². The Kier molecular flexibility index (Phi) is 4.24. The van der Waals surface area contributed by atoms with Crippen molar-refractivity contribution in [1.29, 1.82) is 0 Å². The van der Waals surface area contributed by atoms with Gasteiger partial charge in [0.05, 0.1) is 7.11 Å². The minimum Gasteiger partial charge on any atom is -0.507 e. The number of phenols is 1. The molecule has 0 aliphatic rings. The van der Waals surface area contributed by atoms with Gasteiger partial charge in [-0.25, -0.2) is 0 Å². The van der Waals surface area contributed by atoms with Gasteiger partial charge in [0.25, 0.3) is 5.91 Å². The van der Waals surface area contributed by atoms with Crippen LogP contribution in [0.1, 0.15) is 10.4 Å². The molecule has 82 valence electrons. The van der Waals surface area contributed by atoms with E-state index >= 15 is 0 Å². The fraction of sp³-hybridized carbons (Fsp3) is 0.300. The number of halogens is 1. The van der Waals surface area contributed by atoms with Crippen molar-refractivity contribution >= 4 is 17.5 Å². The summed E-state index contributed by atoms with van der Waals surface area (Å²) in [4.78, 5) is 11.6. The number of carbonyl (C=O) groups is 1. The number of amides is 1. The summed E-state index contributed by atoms with van der Waals surface area (Å²) >= 11 is 5.44. The first kappa shape index (κ1) is 11.7. The van der Waals surface area contributed by atoms with Crippen LogP contribution in [0.15, 0.2) is 18.2 Å². The molecule has 0 aliphatic carbocycles. The maximum Gasteiger partial charge on any atom is 0.258 e. The SMILES string of the molecule is COc1cccc(O)c1C(=O)NCCCl. The number of rotatable bonds is 4. The zero-order valence-electron chi connectivity index (χ0n) is 8.29. The number of phenolic OH excluding ortho intramolecular Hbond substituents is 1. The number of aromatic hydroxyl groups is 1. The molecule has 1 amide bonds. The topological polar surface area (TPSA) is 58.6 Å². The van der Waals surface area contributed by atoms with Gasteiger partial charge in [-0.2, -0.15) is 0 Å². The third-order valence-electron chi connectivity index (χ3n) is 1.83. The standard InChI is InChI=1S/C10H12ClNO3/c1-15-8-4-2-3-7(13)9(8)10(14)12-6-5-11/h2-4,13H,5-6H2,1H3,(H,12,14). The highest BCUT2D eigenvalue weighted by molar-refractivity contribution is 6.18. The summed E-state index contributed by atoms with van der Waals surface area (Å²) in [7, 11) is 1.44. The van der Waals surface area contributed by atoms with Gasteiger partial charge in [0.1, 0.15) is 17.1 Å². The molecule has 1 aromatic rings. The van der Waals surface area contributed by atoms with E-state index in [1.54, 1.807) is 12.1 Å². The van der Waals surface area contributed by atoms with Crippen LogP contribution in [0, 0.1) is 0 Å². The normalized spacial score (nSPS) is 9.73. The van der Waals surface area contributed by atoms with E-state index < -0.39 is 5.91 Å². The fourth-order valence-electron chi connectivity index (χ4n) is 1.17. The lowest BCUT2D eigenvalue weighted by molar-refractivity contribution is 0.0950. The van der Waals surface area contributed by atoms with E-state index in [0.29, 0.717) is 18.2 Å². The van der Waals surface area contributed by atoms with Gasteiger partial charge < -0.3 is 15.2 Å². The molecule has 1 rings (SSSR count). The summed E-state index contributed by atoms with van der Waals surface area (Å²) in [5.74, 6) is 0.149. The smallest absolute Gasteiger partial charge is 0.258 e. The van der Waals surface area contributed by atoms with E-state index in [0.717, 1.165) is 0 Å². The Hall–Kier alpha value is -1.42. The quantitative estimate of drug-likeness (QED) is 0.767. The minimum atomic E-state index is -0.398. The summed E-state index contributed by atoms with van der Waals surface area (Å²) < 4.78 is 4.97. The molecule has 2 N–H and O–H groups in total. The molecule has 0 heterocycles. The van der Waals surface area contributed by atoms with Gasteiger partial charge in [0.15, 0.2) is 0 Å². The van der Waals surface area contributed by atoms with Gasteiger partial charge in [-0.15, -0.1) is 11.6 Å². The predicted molar refractivity (Wildman–Crippen MR) is 57.7 cm³/mol. The van der Waals surface area contributed by atoms with Crippen molar-refractivity contribution in [2.24, 2.45) is 0 Å². The van der Waals surface area contributed by atoms with Gasteiger partial charge in [-0.3, -0.25) is 4.79 Å². The van der Waals surface area contributed by atoms with Gasteiger partial charge >= 0.3 is 0 Å². The molecule has 15 heavy (non-hydrogen) atoms. The first-order valence-electron chi connectivity index (χ1n) is 4.40. The van der Waals surface area contributed by atoms with E-state index in [1.165, 1.54) is 13.2 Å². The molecule has 0 aromatic heterocycles. The molecule has 0 unspecified atom stereocenters. The first-order valence-corrected chi connectivity index (χ1v) is 4.94. The number of ether oxygens (including phenoxy) is 1. The Balaban J connectivity index is 2.95. The largest absolute Gasteiger partial charge is 0.507 e. The second-order valence-corrected chi connectivity index (χ2v) is 3.18. The van der Waals surface area contributed by atoms with Gasteiger partial charge in [0.2, 0.25) is 0 Å². The molecule has 0 spiro atoms. The van der Waals surface area contributed by atoms with Crippen LogP contribution in [0.25, 0.3) is 0 Å². The fourth-order valence-corrected chi connectivity index (χ4v) is 1.26. The van der Waals surface area contributed by atoms with Crippen molar-refractivity contribution < 1.29 is 14.6 Å². The molecule has 0 saturated heterocycles. The lowest BCUT2D eigenvalue weighted by Crippen LogP contribution is -2.25. The van der Waals surface area contributed by atoms with E-state index in [1.807, 2.05) is 0 Å². The zero-order chi connectivity index (χ0) is 11.3. The highest BCUT2D eigenvalue weighted by Gasteiger charge is 2.15. The lowest BCUT2D eigenvalue weighted by Gasteiger charge is -2.09. The van der Waals surface area contributed by atoms with E-state index in [2.05, 4.69) is 5.32 Å². The van der Waals surface area contributed by atoms with E-state index in [9.17, 15) is 9.90 Å². The lowest BCUT2D eigenvalue weighted by atomic mass is 10.1. The van der Waals surface area contributed by atoms with Crippen molar-refractivity contribution in [2.45, 2.75) is 0 Å². The molecular weight excluding hydrogens is 218 g/mol.